The molecule has 1 fully saturated rings. The zero-order chi connectivity index (χ0) is 21.1. The molecule has 0 atom stereocenters. The molecule has 1 saturated heterocycles. The van der Waals surface area contributed by atoms with Crippen molar-refractivity contribution in [2.75, 3.05) is 31.0 Å². The molecule has 1 aliphatic heterocycles. The molecule has 2 aromatic heterocycles. The summed E-state index contributed by atoms with van der Waals surface area (Å²) in [4.78, 5) is 18.1. The first-order valence-electron chi connectivity index (χ1n) is 8.79. The summed E-state index contributed by atoms with van der Waals surface area (Å²) >= 11 is 0.977. The number of hydrogen-bond acceptors (Lipinski definition) is 9. The van der Waals surface area contributed by atoms with Crippen LogP contribution in [0.3, 0.4) is 0 Å². The average molecular weight is 445 g/mol. The monoisotopic (exact) mass is 445 g/mol. The van der Waals surface area contributed by atoms with Crippen molar-refractivity contribution < 1.29 is 22.5 Å². The van der Waals surface area contributed by atoms with Crippen molar-refractivity contribution in [2.45, 2.75) is 4.21 Å². The van der Waals surface area contributed by atoms with Crippen LogP contribution >= 0.6 is 11.3 Å². The molecule has 10 nitrogen and oxygen atoms in total. The predicted molar refractivity (Wildman–Crippen MR) is 106 cm³/mol. The van der Waals surface area contributed by atoms with Crippen LogP contribution in [0.25, 0.3) is 11.4 Å². The Bertz CT molecular complexity index is 1220. The number of aromatic nitrogens is 2. The van der Waals surface area contributed by atoms with Crippen LogP contribution in [0.1, 0.15) is 16.2 Å². The number of rotatable bonds is 5. The number of nitriles is 1. The molecule has 0 unspecified atom stereocenters. The summed E-state index contributed by atoms with van der Waals surface area (Å²) in [5.74, 6) is -0.427. The van der Waals surface area contributed by atoms with Gasteiger partial charge in [0.1, 0.15) is 4.21 Å². The van der Waals surface area contributed by atoms with E-state index in [0.717, 1.165) is 11.3 Å². The smallest absolute Gasteiger partial charge is 0.316 e. The molecule has 30 heavy (non-hydrogen) atoms. The quantitative estimate of drug-likeness (QED) is 0.629. The molecular formula is C18H15N5O5S2. The van der Waals surface area contributed by atoms with Gasteiger partial charge in [-0.15, -0.1) is 11.3 Å². The Labute approximate surface area is 175 Å². The zero-order valence-corrected chi connectivity index (χ0v) is 17.1. The summed E-state index contributed by atoms with van der Waals surface area (Å²) in [7, 11) is -3.87. The Balaban J connectivity index is 1.52. The van der Waals surface area contributed by atoms with E-state index in [4.69, 9.17) is 14.5 Å². The number of benzene rings is 1. The van der Waals surface area contributed by atoms with Crippen LogP contribution in [0.2, 0.25) is 0 Å². The van der Waals surface area contributed by atoms with Crippen LogP contribution in [0.5, 0.6) is 0 Å². The standard InChI is InChI=1S/C18H15N5O5S2/c19-10-12-2-1-3-14(8-12)22-30(25,26)15-9-13(11-29-15)16-20-17(28-21-16)18(24)23-4-6-27-7-5-23/h1-3,8-9,11,22H,4-7H2. The molecule has 1 aromatic carbocycles. The van der Waals surface area contributed by atoms with Crippen molar-refractivity contribution in [2.24, 2.45) is 0 Å². The lowest BCUT2D eigenvalue weighted by Gasteiger charge is -2.25. The number of carbonyl (C=O) groups is 1. The third-order valence-electron chi connectivity index (χ3n) is 4.25. The number of morpholine rings is 1. The number of nitrogens with one attached hydrogen (secondary N) is 1. The van der Waals surface area contributed by atoms with E-state index < -0.39 is 10.0 Å². The number of anilines is 1. The number of carbonyl (C=O) groups excluding carboxylic acids is 1. The molecule has 1 amide bonds. The normalized spacial score (nSPS) is 14.3. The van der Waals surface area contributed by atoms with Crippen molar-refractivity contribution in [1.29, 1.82) is 5.26 Å². The van der Waals surface area contributed by atoms with Crippen LogP contribution in [-0.4, -0.2) is 55.7 Å². The van der Waals surface area contributed by atoms with Gasteiger partial charge in [0.15, 0.2) is 0 Å². The van der Waals surface area contributed by atoms with Gasteiger partial charge in [-0.05, 0) is 24.3 Å². The summed E-state index contributed by atoms with van der Waals surface area (Å²) in [5.41, 5.74) is 1.03. The maximum Gasteiger partial charge on any atom is 0.316 e. The van der Waals surface area contributed by atoms with E-state index >= 15 is 0 Å². The first-order valence-corrected chi connectivity index (χ1v) is 11.2. The Morgan fingerprint density at radius 3 is 2.83 bits per heavy atom. The summed E-state index contributed by atoms with van der Waals surface area (Å²) in [6.45, 7) is 1.78. The first-order chi connectivity index (χ1) is 14.5. The predicted octanol–water partition coefficient (Wildman–Crippen LogP) is 1.94. The third kappa shape index (κ3) is 4.18. The van der Waals surface area contributed by atoms with Gasteiger partial charge in [0.05, 0.1) is 30.5 Å². The summed E-state index contributed by atoms with van der Waals surface area (Å²) in [5, 5.41) is 14.3. The number of sulfonamides is 1. The molecule has 4 rings (SSSR count). The van der Waals surface area contributed by atoms with Crippen LogP contribution in [0.4, 0.5) is 5.69 Å². The topological polar surface area (TPSA) is 138 Å². The minimum absolute atomic E-state index is 0.0331. The van der Waals surface area contributed by atoms with Gasteiger partial charge in [0, 0.05) is 24.0 Å². The minimum atomic E-state index is -3.87. The van der Waals surface area contributed by atoms with Crippen LogP contribution in [0.15, 0.2) is 44.4 Å². The van der Waals surface area contributed by atoms with E-state index in [0.29, 0.717) is 37.4 Å². The second kappa shape index (κ2) is 8.23. The highest BCUT2D eigenvalue weighted by atomic mass is 32.2. The van der Waals surface area contributed by atoms with E-state index in [1.807, 2.05) is 6.07 Å². The summed E-state index contributed by atoms with van der Waals surface area (Å²) < 4.78 is 38.0. The van der Waals surface area contributed by atoms with E-state index in [-0.39, 0.29) is 27.5 Å². The fourth-order valence-electron chi connectivity index (χ4n) is 2.76. The molecule has 3 aromatic rings. The minimum Gasteiger partial charge on any atom is -0.378 e. The van der Waals surface area contributed by atoms with Crippen LogP contribution in [0, 0.1) is 11.3 Å². The molecule has 0 aliphatic carbocycles. The first kappa shape index (κ1) is 20.0. The highest BCUT2D eigenvalue weighted by Crippen LogP contribution is 2.28. The number of thiophene rings is 1. The van der Waals surface area contributed by atoms with Gasteiger partial charge in [-0.3, -0.25) is 9.52 Å². The second-order valence-corrected chi connectivity index (χ2v) is 9.10. The van der Waals surface area contributed by atoms with E-state index in [1.165, 1.54) is 12.1 Å². The lowest BCUT2D eigenvalue weighted by molar-refractivity contribution is 0.0272. The maximum absolute atomic E-state index is 12.6. The number of ether oxygens (including phenoxy) is 1. The van der Waals surface area contributed by atoms with Gasteiger partial charge in [-0.25, -0.2) is 8.42 Å². The van der Waals surface area contributed by atoms with Gasteiger partial charge in [-0.2, -0.15) is 10.2 Å². The van der Waals surface area contributed by atoms with Crippen molar-refractivity contribution in [3.05, 3.63) is 47.2 Å². The molecule has 12 heteroatoms. The SMILES string of the molecule is N#Cc1cccc(NS(=O)(=O)c2cc(-c3noc(C(=O)N4CCOCC4)n3)cs2)c1. The molecule has 1 aliphatic rings. The average Bonchev–Trinajstić information content (AvgIpc) is 3.44. The largest absolute Gasteiger partial charge is 0.378 e. The number of nitrogens with zero attached hydrogens (tertiary/aromatic N) is 4. The van der Waals surface area contributed by atoms with Gasteiger partial charge >= 0.3 is 11.8 Å². The van der Waals surface area contributed by atoms with E-state index in [1.54, 1.807) is 28.5 Å². The van der Waals surface area contributed by atoms with Gasteiger partial charge in [0.2, 0.25) is 5.82 Å². The van der Waals surface area contributed by atoms with Crippen LogP contribution < -0.4 is 4.72 Å². The molecule has 154 valence electrons. The fourth-order valence-corrected chi connectivity index (χ4v) is 4.97. The van der Waals surface area contributed by atoms with E-state index in [9.17, 15) is 13.2 Å². The molecule has 0 bridgehead atoms. The lowest BCUT2D eigenvalue weighted by Crippen LogP contribution is -2.40. The second-order valence-electron chi connectivity index (χ2n) is 6.28. The fraction of sp³-hybridized carbons (Fsp3) is 0.222. The molecule has 0 radical (unpaired) electrons. The third-order valence-corrected chi connectivity index (χ3v) is 7.07. The Hall–Kier alpha value is -3.27. The molecule has 0 spiro atoms. The Morgan fingerprint density at radius 1 is 1.27 bits per heavy atom. The zero-order valence-electron chi connectivity index (χ0n) is 15.4. The van der Waals surface area contributed by atoms with Crippen molar-refractivity contribution in [1.82, 2.24) is 15.0 Å². The summed E-state index contributed by atoms with van der Waals surface area (Å²) in [6, 6.07) is 9.51. The molecule has 0 saturated carbocycles. The Kier molecular flexibility index (Phi) is 5.49. The Morgan fingerprint density at radius 2 is 2.07 bits per heavy atom. The summed E-state index contributed by atoms with van der Waals surface area (Å²) in [6.07, 6.45) is 0. The number of amides is 1. The van der Waals surface area contributed by atoms with Gasteiger partial charge in [0.25, 0.3) is 10.0 Å². The van der Waals surface area contributed by atoms with Crippen molar-refractivity contribution in [3.63, 3.8) is 0 Å². The number of hydrogen-bond donors (Lipinski definition) is 1. The van der Waals surface area contributed by atoms with Crippen molar-refractivity contribution >= 4 is 33.0 Å². The van der Waals surface area contributed by atoms with Crippen molar-refractivity contribution in [3.8, 4) is 17.5 Å². The molecule has 1 N–H and O–H groups in total. The molecular weight excluding hydrogens is 430 g/mol. The van der Waals surface area contributed by atoms with Crippen LogP contribution in [-0.2, 0) is 14.8 Å². The molecule has 3 heterocycles. The highest BCUT2D eigenvalue weighted by molar-refractivity contribution is 7.94. The highest BCUT2D eigenvalue weighted by Gasteiger charge is 2.25. The maximum atomic E-state index is 12.6. The van der Waals surface area contributed by atoms with Gasteiger partial charge in [-0.1, -0.05) is 11.2 Å². The lowest BCUT2D eigenvalue weighted by atomic mass is 10.2. The van der Waals surface area contributed by atoms with Gasteiger partial charge < -0.3 is 14.2 Å². The van der Waals surface area contributed by atoms with E-state index in [2.05, 4.69) is 14.9 Å².